The summed E-state index contributed by atoms with van der Waals surface area (Å²) in [5.41, 5.74) is 3.66. The van der Waals surface area contributed by atoms with Crippen molar-refractivity contribution in [3.05, 3.63) is 113 Å². The van der Waals surface area contributed by atoms with Crippen LogP contribution in [0.5, 0.6) is 0 Å². The van der Waals surface area contributed by atoms with Crippen molar-refractivity contribution in [1.29, 1.82) is 0 Å². The van der Waals surface area contributed by atoms with Crippen LogP contribution in [-0.4, -0.2) is 40.4 Å². The van der Waals surface area contributed by atoms with Crippen molar-refractivity contribution >= 4 is 23.1 Å². The van der Waals surface area contributed by atoms with Crippen LogP contribution in [0.2, 0.25) is 0 Å². The van der Waals surface area contributed by atoms with Crippen LogP contribution in [0, 0.1) is 39.3 Å². The number of hydrogen-bond acceptors (Lipinski definition) is 6. The molecular weight excluding hydrogens is 644 g/mol. The van der Waals surface area contributed by atoms with Gasteiger partial charge in [0.25, 0.3) is 5.91 Å². The van der Waals surface area contributed by atoms with Gasteiger partial charge < -0.3 is 14.6 Å². The fraction of sp³-hybridized carbons (Fsp3) is 0.405. The first kappa shape index (κ1) is 44.4. The molecule has 0 saturated carbocycles. The molecule has 0 atom stereocenters. The predicted octanol–water partition coefficient (Wildman–Crippen LogP) is 11.0. The van der Waals surface area contributed by atoms with Crippen molar-refractivity contribution in [2.24, 2.45) is 0 Å². The molecule has 0 bridgehead atoms. The van der Waals surface area contributed by atoms with E-state index in [4.69, 9.17) is 4.42 Å². The van der Waals surface area contributed by atoms with Crippen LogP contribution in [0.3, 0.4) is 0 Å². The van der Waals surface area contributed by atoms with Crippen LogP contribution < -0.4 is 10.2 Å². The summed E-state index contributed by atoms with van der Waals surface area (Å²) in [5.74, 6) is -0.512. The zero-order valence-electron chi connectivity index (χ0n) is 32.7. The first-order valence-electron chi connectivity index (χ1n) is 18.0. The Morgan fingerprint density at radius 3 is 2.08 bits per heavy atom. The molecule has 4 rings (SSSR count). The largest absolute Gasteiger partial charge is 0.465 e. The van der Waals surface area contributed by atoms with Gasteiger partial charge in [0.05, 0.1) is 12.2 Å². The summed E-state index contributed by atoms with van der Waals surface area (Å²) in [6.45, 7) is 33.7. The number of benzene rings is 2. The van der Waals surface area contributed by atoms with E-state index in [-0.39, 0.29) is 5.82 Å². The monoisotopic (exact) mass is 703 g/mol. The van der Waals surface area contributed by atoms with Crippen molar-refractivity contribution in [2.45, 2.75) is 95.5 Å². The molecule has 7 nitrogen and oxygen atoms in total. The SMILES string of the molecule is C=CC(=O)N(c1nc(C)nc(-c2cc(C(=C)NCc3ccc(C)o3)ccc2C)c1C)c1c(F)cccc1F.CC.CC.CCCCN(CC)CC. The number of hydrogen-bond donors (Lipinski definition) is 1. The third-order valence-electron chi connectivity index (χ3n) is 7.84. The van der Waals surface area contributed by atoms with Crippen LogP contribution in [0.25, 0.3) is 17.0 Å². The molecule has 2 aromatic carbocycles. The molecule has 51 heavy (non-hydrogen) atoms. The Kier molecular flexibility index (Phi) is 20.0. The molecule has 0 radical (unpaired) electrons. The number of carbonyl (C=O) groups excluding carboxylic acids is 1. The van der Waals surface area contributed by atoms with Gasteiger partial charge in [0, 0.05) is 16.8 Å². The minimum absolute atomic E-state index is 0.0661. The number of nitrogens with zero attached hydrogens (tertiary/aromatic N) is 4. The predicted molar refractivity (Wildman–Crippen MR) is 210 cm³/mol. The molecule has 0 fully saturated rings. The van der Waals surface area contributed by atoms with Gasteiger partial charge in [0.15, 0.2) is 0 Å². The van der Waals surface area contributed by atoms with Crippen LogP contribution in [0.4, 0.5) is 20.3 Å². The molecule has 0 spiro atoms. The van der Waals surface area contributed by atoms with E-state index in [0.717, 1.165) is 51.3 Å². The topological polar surface area (TPSA) is 74.5 Å². The van der Waals surface area contributed by atoms with Gasteiger partial charge in [0.2, 0.25) is 0 Å². The first-order chi connectivity index (χ1) is 24.4. The van der Waals surface area contributed by atoms with E-state index < -0.39 is 23.2 Å². The first-order valence-corrected chi connectivity index (χ1v) is 18.0. The zero-order chi connectivity index (χ0) is 38.7. The molecule has 4 aromatic rings. The smallest absolute Gasteiger partial charge is 0.256 e. The van der Waals surface area contributed by atoms with E-state index in [2.05, 4.69) is 54.1 Å². The van der Waals surface area contributed by atoms with Crippen LogP contribution >= 0.6 is 0 Å². The Hall–Kier alpha value is -4.63. The number of aryl methyl sites for hydroxylation is 3. The summed E-state index contributed by atoms with van der Waals surface area (Å²) < 4.78 is 35.2. The molecule has 0 unspecified atom stereocenters. The molecular formula is C42H59F2N5O2. The molecule has 0 aliphatic carbocycles. The summed E-state index contributed by atoms with van der Waals surface area (Å²) in [7, 11) is 0. The molecule has 0 aliphatic heterocycles. The minimum atomic E-state index is -0.898. The Balaban J connectivity index is 0.000000863. The summed E-state index contributed by atoms with van der Waals surface area (Å²) in [4.78, 5) is 25.3. The fourth-order valence-electron chi connectivity index (χ4n) is 5.07. The molecule has 1 N–H and O–H groups in total. The number of halogens is 2. The van der Waals surface area contributed by atoms with Crippen molar-refractivity contribution < 1.29 is 18.0 Å². The van der Waals surface area contributed by atoms with Crippen molar-refractivity contribution in [3.8, 4) is 11.3 Å². The van der Waals surface area contributed by atoms with E-state index >= 15 is 0 Å². The van der Waals surface area contributed by atoms with Crippen LogP contribution in [-0.2, 0) is 11.3 Å². The molecule has 2 aromatic heterocycles. The lowest BCUT2D eigenvalue weighted by Crippen LogP contribution is -2.28. The normalized spacial score (nSPS) is 10.2. The number of anilines is 2. The Bertz CT molecular complexity index is 1670. The summed E-state index contributed by atoms with van der Waals surface area (Å²) in [5, 5.41) is 3.27. The highest BCUT2D eigenvalue weighted by atomic mass is 19.1. The molecule has 0 aliphatic rings. The summed E-state index contributed by atoms with van der Waals surface area (Å²) in [6, 6.07) is 13.0. The van der Waals surface area contributed by atoms with Gasteiger partial charge in [-0.15, -0.1) is 0 Å². The van der Waals surface area contributed by atoms with Gasteiger partial charge in [-0.05, 0) is 101 Å². The zero-order valence-corrected chi connectivity index (χ0v) is 32.7. The van der Waals surface area contributed by atoms with Crippen molar-refractivity contribution in [1.82, 2.24) is 20.2 Å². The van der Waals surface area contributed by atoms with Gasteiger partial charge in [0.1, 0.15) is 40.5 Å². The fourth-order valence-corrected chi connectivity index (χ4v) is 5.07. The molecule has 2 heterocycles. The Morgan fingerprint density at radius 1 is 0.922 bits per heavy atom. The minimum Gasteiger partial charge on any atom is -0.465 e. The number of amides is 1. The Morgan fingerprint density at radius 2 is 1.55 bits per heavy atom. The molecule has 278 valence electrons. The highest BCUT2D eigenvalue weighted by Gasteiger charge is 2.28. The lowest BCUT2D eigenvalue weighted by Gasteiger charge is -2.25. The number of para-hydroxylation sites is 1. The molecule has 0 saturated heterocycles. The van der Waals surface area contributed by atoms with Gasteiger partial charge in [-0.25, -0.2) is 18.7 Å². The maximum atomic E-state index is 14.8. The third kappa shape index (κ3) is 12.6. The Labute approximate surface area is 305 Å². The lowest BCUT2D eigenvalue weighted by atomic mass is 9.98. The van der Waals surface area contributed by atoms with E-state index in [9.17, 15) is 13.6 Å². The standard InChI is InChI=1S/C30H28F2N4O2.C8H19N.2C2H6/c1-7-27(37)36(29-25(31)9-8-10-26(29)32)30-19(4)28(34-21(6)35-30)24-15-22(13-11-17(24)2)20(5)33-16-23-14-12-18(3)38-23;1-4-7-8-9(5-2)6-3;2*1-2/h7-15,33H,1,5,16H2,2-4,6H3;4-8H2,1-3H3;2*1-2H3. The molecule has 9 heteroatoms. The van der Waals surface area contributed by atoms with E-state index in [0.29, 0.717) is 29.3 Å². The quantitative estimate of drug-likeness (QED) is 0.140. The summed E-state index contributed by atoms with van der Waals surface area (Å²) >= 11 is 0. The number of rotatable bonds is 13. The summed E-state index contributed by atoms with van der Waals surface area (Å²) in [6.07, 6.45) is 3.66. The second-order valence-electron chi connectivity index (χ2n) is 11.3. The third-order valence-corrected chi connectivity index (χ3v) is 7.84. The second-order valence-corrected chi connectivity index (χ2v) is 11.3. The highest BCUT2D eigenvalue weighted by Crippen LogP contribution is 2.36. The van der Waals surface area contributed by atoms with Gasteiger partial charge in [-0.1, -0.05) is 86.2 Å². The lowest BCUT2D eigenvalue weighted by molar-refractivity contribution is -0.113. The van der Waals surface area contributed by atoms with Gasteiger partial charge in [-0.3, -0.25) is 9.69 Å². The number of carbonyl (C=O) groups is 1. The second kappa shape index (κ2) is 23.0. The number of aromatic nitrogens is 2. The van der Waals surface area contributed by atoms with Gasteiger partial charge >= 0.3 is 0 Å². The maximum Gasteiger partial charge on any atom is 0.256 e. The highest BCUT2D eigenvalue weighted by molar-refractivity contribution is 6.07. The maximum absolute atomic E-state index is 14.8. The van der Waals surface area contributed by atoms with E-state index in [1.54, 1.807) is 13.8 Å². The number of nitrogens with one attached hydrogen (secondary N) is 1. The van der Waals surface area contributed by atoms with Crippen molar-refractivity contribution in [2.75, 3.05) is 24.5 Å². The van der Waals surface area contributed by atoms with Crippen molar-refractivity contribution in [3.63, 3.8) is 0 Å². The average Bonchev–Trinajstić information content (AvgIpc) is 3.57. The van der Waals surface area contributed by atoms with E-state index in [1.165, 1.54) is 38.5 Å². The van der Waals surface area contributed by atoms with E-state index in [1.807, 2.05) is 71.9 Å². The van der Waals surface area contributed by atoms with Crippen LogP contribution in [0.1, 0.15) is 95.3 Å². The molecule has 1 amide bonds. The average molecular weight is 704 g/mol. The van der Waals surface area contributed by atoms with Gasteiger partial charge in [-0.2, -0.15) is 0 Å². The number of unbranched alkanes of at least 4 members (excludes halogenated alkanes) is 1. The number of furan rings is 1. The van der Waals surface area contributed by atoms with Crippen LogP contribution in [0.15, 0.2) is 72.2 Å².